The minimum Gasteiger partial charge on any atom is -0.344 e. The van der Waals surface area contributed by atoms with Crippen molar-refractivity contribution in [1.82, 2.24) is 14.8 Å². The van der Waals surface area contributed by atoms with Gasteiger partial charge in [-0.1, -0.05) is 0 Å². The molecule has 19 heavy (non-hydrogen) atoms. The van der Waals surface area contributed by atoms with Crippen LogP contribution in [-0.4, -0.2) is 40.9 Å². The Balaban J connectivity index is 2.76. The molecule has 0 saturated heterocycles. The van der Waals surface area contributed by atoms with Crippen LogP contribution in [0.4, 0.5) is 0 Å². The van der Waals surface area contributed by atoms with Crippen LogP contribution >= 0.6 is 15.9 Å². The number of rotatable bonds is 5. The van der Waals surface area contributed by atoms with Crippen molar-refractivity contribution in [3.8, 4) is 0 Å². The molecule has 1 atom stereocenters. The molecule has 0 aliphatic rings. The number of nitrogens with one attached hydrogen (secondary N) is 1. The molecule has 1 N–H and O–H groups in total. The van der Waals surface area contributed by atoms with Gasteiger partial charge in [0, 0.05) is 30.8 Å². The van der Waals surface area contributed by atoms with E-state index in [0.717, 1.165) is 4.47 Å². The molecule has 0 fully saturated rings. The monoisotopic (exact) mass is 329 g/mol. The number of nitrogens with zero attached hydrogens (tertiary/aromatic N) is 2. The number of hydrogen-bond donors (Lipinski definition) is 1. The molecule has 6 heteroatoms. The van der Waals surface area contributed by atoms with Crippen LogP contribution in [0.5, 0.6) is 0 Å². The van der Waals surface area contributed by atoms with Gasteiger partial charge in [0.25, 0.3) is 5.91 Å². The number of hydrogen-bond acceptors (Lipinski definition) is 2. The Hall–Kier alpha value is -1.30. The largest absolute Gasteiger partial charge is 0.344 e. The van der Waals surface area contributed by atoms with Crippen molar-refractivity contribution in [2.75, 3.05) is 13.6 Å². The molecule has 0 spiro atoms. The second-order valence-electron chi connectivity index (χ2n) is 4.38. The third kappa shape index (κ3) is 3.83. The zero-order valence-corrected chi connectivity index (χ0v) is 13.3. The van der Waals surface area contributed by atoms with E-state index in [1.54, 1.807) is 24.9 Å². The predicted molar refractivity (Wildman–Crippen MR) is 78.0 cm³/mol. The average Bonchev–Trinajstić information content (AvgIpc) is 2.78. The zero-order chi connectivity index (χ0) is 14.6. The van der Waals surface area contributed by atoms with E-state index in [0.29, 0.717) is 18.8 Å². The van der Waals surface area contributed by atoms with Crippen LogP contribution in [0.1, 0.15) is 31.3 Å². The molecular weight excluding hydrogens is 310 g/mol. The first-order valence-electron chi connectivity index (χ1n) is 6.32. The van der Waals surface area contributed by atoms with E-state index in [4.69, 9.17) is 0 Å². The van der Waals surface area contributed by atoms with E-state index in [1.165, 1.54) is 0 Å². The van der Waals surface area contributed by atoms with E-state index >= 15 is 0 Å². The number of carbonyl (C=O) groups excluding carboxylic acids is 2. The van der Waals surface area contributed by atoms with Gasteiger partial charge in [-0.25, -0.2) is 0 Å². The summed E-state index contributed by atoms with van der Waals surface area (Å²) in [6.07, 6.45) is 1.85. The quantitative estimate of drug-likeness (QED) is 0.896. The van der Waals surface area contributed by atoms with E-state index < -0.39 is 6.04 Å². The van der Waals surface area contributed by atoms with Crippen LogP contribution in [0.2, 0.25) is 0 Å². The third-order valence-corrected chi connectivity index (χ3v) is 3.44. The van der Waals surface area contributed by atoms with Gasteiger partial charge in [0.05, 0.1) is 0 Å². The SMILES string of the molecule is CCN(C)C(=O)C(C)NC(=O)c1cc(Br)cn1CC. The summed E-state index contributed by atoms with van der Waals surface area (Å²) in [6, 6.07) is 1.22. The maximum Gasteiger partial charge on any atom is 0.268 e. The Morgan fingerprint density at radius 1 is 1.47 bits per heavy atom. The fourth-order valence-electron chi connectivity index (χ4n) is 1.75. The molecule has 5 nitrogen and oxygen atoms in total. The third-order valence-electron chi connectivity index (χ3n) is 3.01. The Morgan fingerprint density at radius 3 is 2.63 bits per heavy atom. The van der Waals surface area contributed by atoms with Crippen LogP contribution in [0.15, 0.2) is 16.7 Å². The molecule has 1 unspecified atom stereocenters. The second kappa shape index (κ2) is 6.75. The van der Waals surface area contributed by atoms with Gasteiger partial charge in [-0.3, -0.25) is 9.59 Å². The highest BCUT2D eigenvalue weighted by molar-refractivity contribution is 9.10. The normalized spacial score (nSPS) is 12.1. The lowest BCUT2D eigenvalue weighted by Gasteiger charge is -2.20. The molecule has 0 aromatic carbocycles. The lowest BCUT2D eigenvalue weighted by Crippen LogP contribution is -2.45. The molecule has 106 valence electrons. The summed E-state index contributed by atoms with van der Waals surface area (Å²) < 4.78 is 2.68. The summed E-state index contributed by atoms with van der Waals surface area (Å²) in [4.78, 5) is 25.6. The predicted octanol–water partition coefficient (Wildman–Crippen LogP) is 1.87. The molecule has 1 heterocycles. The molecule has 2 amide bonds. The van der Waals surface area contributed by atoms with Gasteiger partial charge in [0.15, 0.2) is 0 Å². The molecule has 1 rings (SSSR count). The molecule has 0 radical (unpaired) electrons. The van der Waals surface area contributed by atoms with Crippen LogP contribution < -0.4 is 5.32 Å². The standard InChI is InChI=1S/C13H20BrN3O2/c1-5-16(4)13(19)9(3)15-12(18)11-7-10(14)8-17(11)6-2/h7-9H,5-6H2,1-4H3,(H,15,18). The molecule has 1 aromatic rings. The summed E-state index contributed by atoms with van der Waals surface area (Å²) in [5.41, 5.74) is 0.549. The van der Waals surface area contributed by atoms with E-state index in [9.17, 15) is 9.59 Å². The summed E-state index contributed by atoms with van der Waals surface area (Å²) in [6.45, 7) is 6.87. The first-order valence-corrected chi connectivity index (χ1v) is 7.11. The summed E-state index contributed by atoms with van der Waals surface area (Å²) in [7, 11) is 1.72. The van der Waals surface area contributed by atoms with E-state index in [1.807, 2.05) is 24.6 Å². The van der Waals surface area contributed by atoms with Crippen molar-refractivity contribution in [2.24, 2.45) is 0 Å². The highest BCUT2D eigenvalue weighted by atomic mass is 79.9. The summed E-state index contributed by atoms with van der Waals surface area (Å²) >= 11 is 3.35. The molecule has 0 saturated carbocycles. The van der Waals surface area contributed by atoms with Gasteiger partial charge in [0.2, 0.25) is 5.91 Å². The van der Waals surface area contributed by atoms with Gasteiger partial charge >= 0.3 is 0 Å². The first-order chi connectivity index (χ1) is 8.90. The summed E-state index contributed by atoms with van der Waals surface area (Å²) in [5, 5.41) is 2.73. The fraction of sp³-hybridized carbons (Fsp3) is 0.538. The number of likely N-dealkylation sites (N-methyl/N-ethyl adjacent to an activating group) is 1. The highest BCUT2D eigenvalue weighted by Crippen LogP contribution is 2.15. The smallest absolute Gasteiger partial charge is 0.268 e. The maximum absolute atomic E-state index is 12.1. The van der Waals surface area contributed by atoms with Crippen molar-refractivity contribution in [2.45, 2.75) is 33.4 Å². The Morgan fingerprint density at radius 2 is 2.11 bits per heavy atom. The van der Waals surface area contributed by atoms with Gasteiger partial charge in [-0.05, 0) is 42.8 Å². The topological polar surface area (TPSA) is 54.3 Å². The average molecular weight is 330 g/mol. The van der Waals surface area contributed by atoms with Crippen LogP contribution in [0.25, 0.3) is 0 Å². The van der Waals surface area contributed by atoms with Crippen LogP contribution in [-0.2, 0) is 11.3 Å². The Bertz CT molecular complexity index is 470. The molecular formula is C13H20BrN3O2. The number of halogens is 1. The molecule has 1 aromatic heterocycles. The maximum atomic E-state index is 12.1. The van der Waals surface area contributed by atoms with Crippen molar-refractivity contribution in [3.63, 3.8) is 0 Å². The Kier molecular flexibility index (Phi) is 5.60. The van der Waals surface area contributed by atoms with E-state index in [-0.39, 0.29) is 11.8 Å². The minimum atomic E-state index is -0.531. The lowest BCUT2D eigenvalue weighted by atomic mass is 10.2. The van der Waals surface area contributed by atoms with Crippen molar-refractivity contribution in [1.29, 1.82) is 0 Å². The number of carbonyl (C=O) groups is 2. The van der Waals surface area contributed by atoms with Gasteiger partial charge < -0.3 is 14.8 Å². The van der Waals surface area contributed by atoms with Gasteiger partial charge in [-0.2, -0.15) is 0 Å². The Labute approximate surface area is 122 Å². The molecule has 0 aliphatic heterocycles. The molecule has 0 bridgehead atoms. The van der Waals surface area contributed by atoms with Gasteiger partial charge in [-0.15, -0.1) is 0 Å². The number of aryl methyl sites for hydroxylation is 1. The minimum absolute atomic E-state index is 0.0930. The summed E-state index contributed by atoms with van der Waals surface area (Å²) in [5.74, 6) is -0.331. The highest BCUT2D eigenvalue weighted by Gasteiger charge is 2.20. The second-order valence-corrected chi connectivity index (χ2v) is 5.29. The fourth-order valence-corrected chi connectivity index (χ4v) is 2.21. The van der Waals surface area contributed by atoms with Crippen LogP contribution in [0, 0.1) is 0 Å². The first kappa shape index (κ1) is 15.8. The zero-order valence-electron chi connectivity index (χ0n) is 11.7. The van der Waals surface area contributed by atoms with Crippen molar-refractivity contribution >= 4 is 27.7 Å². The van der Waals surface area contributed by atoms with E-state index in [2.05, 4.69) is 21.2 Å². The van der Waals surface area contributed by atoms with Crippen LogP contribution in [0.3, 0.4) is 0 Å². The van der Waals surface area contributed by atoms with Gasteiger partial charge in [0.1, 0.15) is 11.7 Å². The van der Waals surface area contributed by atoms with Crippen molar-refractivity contribution < 1.29 is 9.59 Å². The molecule has 0 aliphatic carbocycles. The van der Waals surface area contributed by atoms with Crippen molar-refractivity contribution in [3.05, 3.63) is 22.4 Å². The lowest BCUT2D eigenvalue weighted by molar-refractivity contribution is -0.131. The number of amides is 2. The number of aromatic nitrogens is 1.